The van der Waals surface area contributed by atoms with E-state index in [0.717, 1.165) is 22.5 Å². The zero-order valence-electron chi connectivity index (χ0n) is 11.9. The molecular weight excluding hydrogens is 326 g/mol. The van der Waals surface area contributed by atoms with E-state index in [1.54, 1.807) is 6.08 Å². The molecule has 3 heterocycles. The summed E-state index contributed by atoms with van der Waals surface area (Å²) >= 11 is 6.25. The molecule has 3 aromatic rings. The highest BCUT2D eigenvalue weighted by molar-refractivity contribution is 8.26. The maximum atomic E-state index is 11.7. The lowest BCUT2D eigenvalue weighted by molar-refractivity contribution is -0.115. The molecule has 1 aliphatic heterocycles. The Labute approximate surface area is 142 Å². The average molecular weight is 337 g/mol. The Morgan fingerprint density at radius 2 is 2.09 bits per heavy atom. The van der Waals surface area contributed by atoms with Crippen LogP contribution in [-0.2, 0) is 4.79 Å². The predicted octanol–water partition coefficient (Wildman–Crippen LogP) is 3.72. The minimum atomic E-state index is -0.167. The topological polar surface area (TPSA) is 57.8 Å². The molecule has 112 valence electrons. The molecule has 1 fully saturated rings. The van der Waals surface area contributed by atoms with Gasteiger partial charge in [-0.1, -0.05) is 42.2 Å². The molecule has 0 saturated carbocycles. The number of amides is 1. The van der Waals surface area contributed by atoms with Crippen molar-refractivity contribution in [1.82, 2.24) is 15.3 Å². The van der Waals surface area contributed by atoms with Gasteiger partial charge in [0.25, 0.3) is 5.91 Å². The van der Waals surface area contributed by atoms with Gasteiger partial charge in [-0.3, -0.25) is 4.79 Å². The number of nitrogens with one attached hydrogen (secondary N) is 2. The lowest BCUT2D eigenvalue weighted by Crippen LogP contribution is -2.17. The lowest BCUT2D eigenvalue weighted by atomic mass is 10.1. The van der Waals surface area contributed by atoms with E-state index in [-0.39, 0.29) is 5.91 Å². The van der Waals surface area contributed by atoms with Crippen LogP contribution in [0.3, 0.4) is 0 Å². The summed E-state index contributed by atoms with van der Waals surface area (Å²) in [5.74, 6) is -0.167. The van der Waals surface area contributed by atoms with Crippen LogP contribution in [0.15, 0.2) is 53.6 Å². The average Bonchev–Trinajstić information content (AvgIpc) is 3.13. The van der Waals surface area contributed by atoms with Crippen LogP contribution in [0.2, 0.25) is 0 Å². The Morgan fingerprint density at radius 1 is 1.17 bits per heavy atom. The van der Waals surface area contributed by atoms with E-state index in [1.807, 2.05) is 36.5 Å². The summed E-state index contributed by atoms with van der Waals surface area (Å²) in [5.41, 5.74) is 3.70. The van der Waals surface area contributed by atoms with E-state index in [2.05, 4.69) is 27.4 Å². The van der Waals surface area contributed by atoms with E-state index in [0.29, 0.717) is 9.23 Å². The SMILES string of the molecule is O=C1NC(=S)S/C1=C\c1cccc(-c2ccc3cc[nH]c3c2)n1. The number of pyridine rings is 1. The number of thiocarbonyl (C=S) groups is 1. The van der Waals surface area contributed by atoms with Gasteiger partial charge in [0.05, 0.1) is 16.3 Å². The van der Waals surface area contributed by atoms with E-state index >= 15 is 0 Å². The summed E-state index contributed by atoms with van der Waals surface area (Å²) in [7, 11) is 0. The van der Waals surface area contributed by atoms with Gasteiger partial charge in [0, 0.05) is 17.3 Å². The largest absolute Gasteiger partial charge is 0.361 e. The van der Waals surface area contributed by atoms with Crippen LogP contribution in [0.5, 0.6) is 0 Å². The summed E-state index contributed by atoms with van der Waals surface area (Å²) in [4.78, 5) is 20.1. The molecule has 4 nitrogen and oxygen atoms in total. The normalized spacial score (nSPS) is 16.3. The quantitative estimate of drug-likeness (QED) is 0.553. The third-order valence-electron chi connectivity index (χ3n) is 3.54. The van der Waals surface area contributed by atoms with Crippen LogP contribution >= 0.6 is 24.0 Å². The Bertz CT molecular complexity index is 975. The maximum absolute atomic E-state index is 11.7. The molecule has 0 spiro atoms. The van der Waals surface area contributed by atoms with Crippen LogP contribution in [0.1, 0.15) is 5.69 Å². The Hall–Kier alpha value is -2.44. The first-order valence-corrected chi connectivity index (χ1v) is 8.21. The molecule has 0 unspecified atom stereocenters. The summed E-state index contributed by atoms with van der Waals surface area (Å²) in [5, 5.41) is 3.77. The van der Waals surface area contributed by atoms with E-state index in [4.69, 9.17) is 12.2 Å². The van der Waals surface area contributed by atoms with Gasteiger partial charge in [-0.15, -0.1) is 0 Å². The number of rotatable bonds is 2. The Morgan fingerprint density at radius 3 is 2.91 bits per heavy atom. The number of aromatic amines is 1. The number of aromatic nitrogens is 2. The van der Waals surface area contributed by atoms with E-state index < -0.39 is 0 Å². The molecule has 0 radical (unpaired) electrons. The summed E-state index contributed by atoms with van der Waals surface area (Å²) in [6.45, 7) is 0. The zero-order valence-corrected chi connectivity index (χ0v) is 13.5. The number of benzene rings is 1. The summed E-state index contributed by atoms with van der Waals surface area (Å²) in [6.07, 6.45) is 3.68. The second-order valence-electron chi connectivity index (χ2n) is 5.08. The molecule has 1 aromatic carbocycles. The van der Waals surface area contributed by atoms with Crippen molar-refractivity contribution in [2.45, 2.75) is 0 Å². The van der Waals surface area contributed by atoms with Crippen molar-refractivity contribution in [3.63, 3.8) is 0 Å². The van der Waals surface area contributed by atoms with Crippen molar-refractivity contribution in [3.8, 4) is 11.3 Å². The van der Waals surface area contributed by atoms with Crippen LogP contribution in [0.25, 0.3) is 28.2 Å². The molecular formula is C17H11N3OS2. The zero-order chi connectivity index (χ0) is 15.8. The first-order chi connectivity index (χ1) is 11.2. The van der Waals surface area contributed by atoms with Gasteiger partial charge >= 0.3 is 0 Å². The number of thioether (sulfide) groups is 1. The van der Waals surface area contributed by atoms with Crippen molar-refractivity contribution in [2.24, 2.45) is 0 Å². The second kappa shape index (κ2) is 5.64. The number of hydrogen-bond donors (Lipinski definition) is 2. The molecule has 2 aromatic heterocycles. The van der Waals surface area contributed by atoms with Crippen molar-refractivity contribution < 1.29 is 4.79 Å². The number of carbonyl (C=O) groups excluding carboxylic acids is 1. The molecule has 2 N–H and O–H groups in total. The standard InChI is InChI=1S/C17H11N3OS2/c21-16-15(23-17(22)20-16)9-12-2-1-3-13(19-12)11-5-4-10-6-7-18-14(10)8-11/h1-9,18H,(H,20,21,22)/b15-9-. The fraction of sp³-hybridized carbons (Fsp3) is 0. The fourth-order valence-corrected chi connectivity index (χ4v) is 3.48. The molecule has 0 bridgehead atoms. The van der Waals surface area contributed by atoms with Gasteiger partial charge < -0.3 is 10.3 Å². The van der Waals surface area contributed by atoms with Gasteiger partial charge in [0.15, 0.2) is 0 Å². The molecule has 6 heteroatoms. The predicted molar refractivity (Wildman–Crippen MR) is 97.8 cm³/mol. The Balaban J connectivity index is 1.72. The highest BCUT2D eigenvalue weighted by Crippen LogP contribution is 2.27. The van der Waals surface area contributed by atoms with Crippen LogP contribution in [0, 0.1) is 0 Å². The van der Waals surface area contributed by atoms with Crippen molar-refractivity contribution >= 4 is 51.2 Å². The van der Waals surface area contributed by atoms with Crippen LogP contribution < -0.4 is 5.32 Å². The maximum Gasteiger partial charge on any atom is 0.263 e. The number of nitrogens with zero attached hydrogens (tertiary/aromatic N) is 1. The van der Waals surface area contributed by atoms with Gasteiger partial charge in [0.1, 0.15) is 4.32 Å². The van der Waals surface area contributed by atoms with Crippen molar-refractivity contribution in [2.75, 3.05) is 0 Å². The van der Waals surface area contributed by atoms with Crippen molar-refractivity contribution in [3.05, 3.63) is 59.3 Å². The minimum absolute atomic E-state index is 0.167. The third kappa shape index (κ3) is 2.78. The summed E-state index contributed by atoms with van der Waals surface area (Å²) in [6, 6.07) is 14.0. The monoisotopic (exact) mass is 337 g/mol. The third-order valence-corrected chi connectivity index (χ3v) is 4.71. The van der Waals surface area contributed by atoms with E-state index in [9.17, 15) is 4.79 Å². The first kappa shape index (κ1) is 14.2. The number of hydrogen-bond acceptors (Lipinski definition) is 4. The smallest absolute Gasteiger partial charge is 0.263 e. The van der Waals surface area contributed by atoms with Crippen LogP contribution in [-0.4, -0.2) is 20.2 Å². The molecule has 0 aliphatic carbocycles. The first-order valence-electron chi connectivity index (χ1n) is 6.98. The number of H-pyrrole nitrogens is 1. The second-order valence-corrected chi connectivity index (χ2v) is 6.80. The Kier molecular flexibility index (Phi) is 3.48. The van der Waals surface area contributed by atoms with Gasteiger partial charge in [0.2, 0.25) is 0 Å². The highest BCUT2D eigenvalue weighted by atomic mass is 32.2. The molecule has 0 atom stereocenters. The van der Waals surface area contributed by atoms with E-state index in [1.165, 1.54) is 17.1 Å². The lowest BCUT2D eigenvalue weighted by Gasteiger charge is -2.03. The fourth-order valence-electron chi connectivity index (χ4n) is 2.46. The highest BCUT2D eigenvalue weighted by Gasteiger charge is 2.22. The van der Waals surface area contributed by atoms with Gasteiger partial charge in [-0.2, -0.15) is 0 Å². The molecule has 23 heavy (non-hydrogen) atoms. The van der Waals surface area contributed by atoms with Gasteiger partial charge in [-0.25, -0.2) is 4.98 Å². The van der Waals surface area contributed by atoms with Gasteiger partial charge in [-0.05, 0) is 35.7 Å². The molecule has 1 amide bonds. The molecule has 1 aliphatic rings. The minimum Gasteiger partial charge on any atom is -0.361 e. The molecule has 4 rings (SSSR count). The number of carbonyl (C=O) groups is 1. The number of fused-ring (bicyclic) bond motifs is 1. The molecule has 1 saturated heterocycles. The van der Waals surface area contributed by atoms with Crippen LogP contribution in [0.4, 0.5) is 0 Å². The van der Waals surface area contributed by atoms with Crippen molar-refractivity contribution in [1.29, 1.82) is 0 Å². The summed E-state index contributed by atoms with van der Waals surface area (Å²) < 4.78 is 0.481.